The number of hydrogen-bond acceptors (Lipinski definition) is 1. The van der Waals surface area contributed by atoms with Crippen LogP contribution in [0.25, 0.3) is 21.9 Å². The Hall–Kier alpha value is -3.21. The van der Waals surface area contributed by atoms with Crippen molar-refractivity contribution in [3.63, 3.8) is 0 Å². The summed E-state index contributed by atoms with van der Waals surface area (Å²) in [6.07, 6.45) is 0. The number of amides is 1. The number of guanidine groups is 1. The third-order valence-electron chi connectivity index (χ3n) is 3.77. The lowest BCUT2D eigenvalue weighted by atomic mass is 9.95. The minimum atomic E-state index is -0.531. The topological polar surface area (TPSA) is 81.5 Å². The molecule has 0 saturated heterocycles. The molecule has 0 bridgehead atoms. The van der Waals surface area contributed by atoms with Crippen molar-refractivity contribution in [1.29, 1.82) is 0 Å². The highest BCUT2D eigenvalue weighted by molar-refractivity contribution is 6.06. The second-order valence-electron chi connectivity index (χ2n) is 5.57. The molecule has 0 fully saturated rings. The molecule has 0 saturated carbocycles. The van der Waals surface area contributed by atoms with Crippen molar-refractivity contribution in [2.24, 2.45) is 16.5 Å². The van der Waals surface area contributed by atoms with Gasteiger partial charge in [-0.05, 0) is 47.5 Å². The van der Waals surface area contributed by atoms with Crippen LogP contribution in [0.1, 0.15) is 15.9 Å². The summed E-state index contributed by atoms with van der Waals surface area (Å²) in [5, 5.41) is 1.66. The largest absolute Gasteiger partial charge is 0.370 e. The zero-order chi connectivity index (χ0) is 17.3. The van der Waals surface area contributed by atoms with Crippen LogP contribution in [0.15, 0.2) is 59.6 Å². The highest BCUT2D eigenvalue weighted by atomic mass is 19.1. The smallest absolute Gasteiger partial charge is 0.280 e. The van der Waals surface area contributed by atoms with E-state index in [1.54, 1.807) is 30.3 Å². The fourth-order valence-electron chi connectivity index (χ4n) is 2.67. The summed E-state index contributed by atoms with van der Waals surface area (Å²) in [6.45, 7) is 1.90. The molecule has 0 aliphatic rings. The molecular formula is C19H16FN3O. The number of benzene rings is 3. The van der Waals surface area contributed by atoms with Gasteiger partial charge < -0.3 is 11.5 Å². The van der Waals surface area contributed by atoms with Gasteiger partial charge in [-0.2, -0.15) is 4.99 Å². The van der Waals surface area contributed by atoms with Gasteiger partial charge in [-0.3, -0.25) is 4.79 Å². The molecule has 24 heavy (non-hydrogen) atoms. The van der Waals surface area contributed by atoms with Gasteiger partial charge in [-0.15, -0.1) is 0 Å². The first kappa shape index (κ1) is 15.7. The maximum absolute atomic E-state index is 14.3. The number of carbonyl (C=O) groups is 1. The molecule has 0 radical (unpaired) electrons. The fourth-order valence-corrected chi connectivity index (χ4v) is 2.67. The van der Waals surface area contributed by atoms with Gasteiger partial charge in [0.1, 0.15) is 5.82 Å². The zero-order valence-electron chi connectivity index (χ0n) is 13.1. The van der Waals surface area contributed by atoms with Crippen LogP contribution >= 0.6 is 0 Å². The first-order valence-electron chi connectivity index (χ1n) is 7.39. The summed E-state index contributed by atoms with van der Waals surface area (Å²) in [5.74, 6) is -1.14. The Labute approximate surface area is 138 Å². The molecule has 4 N–H and O–H groups in total. The molecule has 0 aliphatic carbocycles. The van der Waals surface area contributed by atoms with Gasteiger partial charge in [0.2, 0.25) is 0 Å². The van der Waals surface area contributed by atoms with Crippen molar-refractivity contribution in [3.8, 4) is 11.1 Å². The fraction of sp³-hybridized carbons (Fsp3) is 0.0526. The van der Waals surface area contributed by atoms with Crippen LogP contribution in [0.2, 0.25) is 0 Å². The lowest BCUT2D eigenvalue weighted by Crippen LogP contribution is -2.24. The van der Waals surface area contributed by atoms with Crippen LogP contribution in [0.3, 0.4) is 0 Å². The molecule has 120 valence electrons. The number of aryl methyl sites for hydroxylation is 1. The minimum absolute atomic E-state index is 0.293. The Morgan fingerprint density at radius 2 is 1.79 bits per heavy atom. The van der Waals surface area contributed by atoms with E-state index in [0.717, 1.165) is 16.3 Å². The second kappa shape index (κ2) is 6.12. The maximum Gasteiger partial charge on any atom is 0.280 e. The average Bonchev–Trinajstić information content (AvgIpc) is 2.55. The van der Waals surface area contributed by atoms with Crippen LogP contribution in [-0.2, 0) is 0 Å². The monoisotopic (exact) mass is 321 g/mol. The number of hydrogen-bond donors (Lipinski definition) is 2. The van der Waals surface area contributed by atoms with E-state index in [1.807, 2.05) is 25.1 Å². The first-order chi connectivity index (χ1) is 11.5. The molecule has 3 rings (SSSR count). The normalized spacial score (nSPS) is 10.6. The van der Waals surface area contributed by atoms with E-state index in [-0.39, 0.29) is 11.8 Å². The van der Waals surface area contributed by atoms with E-state index in [2.05, 4.69) is 4.99 Å². The predicted octanol–water partition coefficient (Wildman–Crippen LogP) is 3.37. The van der Waals surface area contributed by atoms with Crippen molar-refractivity contribution in [2.45, 2.75) is 6.92 Å². The van der Waals surface area contributed by atoms with Crippen LogP contribution in [-0.4, -0.2) is 11.9 Å². The van der Waals surface area contributed by atoms with E-state index < -0.39 is 5.91 Å². The van der Waals surface area contributed by atoms with Gasteiger partial charge in [0.25, 0.3) is 5.91 Å². The molecule has 0 aromatic heterocycles. The molecule has 0 unspecified atom stereocenters. The SMILES string of the molecule is Cc1ccc(F)c(-c2cccc3ccc(C(=O)N=C(N)N)cc23)c1. The number of aliphatic imine (C=N–C) groups is 1. The Bertz CT molecular complexity index is 976. The zero-order valence-corrected chi connectivity index (χ0v) is 13.1. The Morgan fingerprint density at radius 1 is 1.00 bits per heavy atom. The Kier molecular flexibility index (Phi) is 4.00. The van der Waals surface area contributed by atoms with Crippen LogP contribution in [0.5, 0.6) is 0 Å². The summed E-state index contributed by atoms with van der Waals surface area (Å²) in [6, 6.07) is 15.7. The summed E-state index contributed by atoms with van der Waals surface area (Å²) in [4.78, 5) is 15.6. The van der Waals surface area contributed by atoms with Gasteiger partial charge in [0.05, 0.1) is 0 Å². The number of rotatable bonds is 2. The number of nitrogens with zero attached hydrogens (tertiary/aromatic N) is 1. The molecular weight excluding hydrogens is 305 g/mol. The minimum Gasteiger partial charge on any atom is -0.370 e. The molecule has 0 aliphatic heterocycles. The van der Waals surface area contributed by atoms with Gasteiger partial charge >= 0.3 is 0 Å². The van der Waals surface area contributed by atoms with E-state index in [9.17, 15) is 9.18 Å². The van der Waals surface area contributed by atoms with E-state index in [0.29, 0.717) is 16.7 Å². The Balaban J connectivity index is 2.24. The third kappa shape index (κ3) is 2.96. The second-order valence-corrected chi connectivity index (χ2v) is 5.57. The van der Waals surface area contributed by atoms with E-state index in [1.165, 1.54) is 6.07 Å². The number of halogens is 1. The van der Waals surface area contributed by atoms with Crippen molar-refractivity contribution in [3.05, 3.63) is 71.5 Å². The van der Waals surface area contributed by atoms with E-state index >= 15 is 0 Å². The van der Waals surface area contributed by atoms with Gasteiger partial charge in [0.15, 0.2) is 5.96 Å². The highest BCUT2D eigenvalue weighted by Crippen LogP contribution is 2.31. The molecule has 0 atom stereocenters. The molecule has 1 amide bonds. The Morgan fingerprint density at radius 3 is 2.54 bits per heavy atom. The number of nitrogens with two attached hydrogens (primary N) is 2. The van der Waals surface area contributed by atoms with Crippen molar-refractivity contribution in [2.75, 3.05) is 0 Å². The third-order valence-corrected chi connectivity index (χ3v) is 3.77. The van der Waals surface area contributed by atoms with Crippen molar-refractivity contribution in [1.82, 2.24) is 0 Å². The van der Waals surface area contributed by atoms with Crippen molar-refractivity contribution >= 4 is 22.6 Å². The average molecular weight is 321 g/mol. The quantitative estimate of drug-likeness (QED) is 0.561. The highest BCUT2D eigenvalue weighted by Gasteiger charge is 2.12. The van der Waals surface area contributed by atoms with Crippen LogP contribution < -0.4 is 11.5 Å². The van der Waals surface area contributed by atoms with Crippen LogP contribution in [0, 0.1) is 12.7 Å². The summed E-state index contributed by atoms with van der Waals surface area (Å²) >= 11 is 0. The number of fused-ring (bicyclic) bond motifs is 1. The maximum atomic E-state index is 14.3. The summed E-state index contributed by atoms with van der Waals surface area (Å²) in [5.41, 5.74) is 13.0. The summed E-state index contributed by atoms with van der Waals surface area (Å²) in [7, 11) is 0. The first-order valence-corrected chi connectivity index (χ1v) is 7.39. The van der Waals surface area contributed by atoms with Crippen LogP contribution in [0.4, 0.5) is 4.39 Å². The predicted molar refractivity (Wildman–Crippen MR) is 94.2 cm³/mol. The molecule has 5 heteroatoms. The lowest BCUT2D eigenvalue weighted by molar-refractivity contribution is 0.100. The van der Waals surface area contributed by atoms with E-state index in [4.69, 9.17) is 11.5 Å². The summed E-state index contributed by atoms with van der Waals surface area (Å²) < 4.78 is 14.3. The molecule has 0 heterocycles. The molecule has 3 aromatic carbocycles. The number of carbonyl (C=O) groups excluding carboxylic acids is 1. The molecule has 3 aromatic rings. The molecule has 4 nitrogen and oxygen atoms in total. The van der Waals surface area contributed by atoms with Gasteiger partial charge in [-0.1, -0.05) is 35.9 Å². The van der Waals surface area contributed by atoms with Gasteiger partial charge in [-0.25, -0.2) is 4.39 Å². The van der Waals surface area contributed by atoms with Crippen molar-refractivity contribution < 1.29 is 9.18 Å². The standard InChI is InChI=1S/C19H16FN3O/c1-11-5-8-17(20)16(9-11)14-4-2-3-12-6-7-13(10-15(12)14)18(24)23-19(21)22/h2-10H,1H3,(H4,21,22,23,24). The molecule has 0 spiro atoms. The lowest BCUT2D eigenvalue weighted by Gasteiger charge is -2.10. The van der Waals surface area contributed by atoms with Gasteiger partial charge in [0, 0.05) is 11.1 Å².